The van der Waals surface area contributed by atoms with Crippen LogP contribution in [0.1, 0.15) is 27.2 Å². The van der Waals surface area contributed by atoms with Gasteiger partial charge in [0.05, 0.1) is 5.02 Å². The normalized spacial score (nSPS) is 10.3. The third kappa shape index (κ3) is 3.27. The molecular weight excluding hydrogens is 276 g/mol. The highest BCUT2D eigenvalue weighted by Crippen LogP contribution is 2.23. The molecule has 0 aliphatic rings. The molecule has 0 spiro atoms. The van der Waals surface area contributed by atoms with Crippen LogP contribution in [-0.2, 0) is 6.54 Å². The average molecular weight is 291 g/mol. The fraction of sp³-hybridized carbons (Fsp3) is 0.200. The van der Waals surface area contributed by atoms with E-state index in [0.717, 1.165) is 16.8 Å². The van der Waals surface area contributed by atoms with Gasteiger partial charge in [0.15, 0.2) is 0 Å². The zero-order valence-corrected chi connectivity index (χ0v) is 12.0. The van der Waals surface area contributed by atoms with Crippen LogP contribution in [0.2, 0.25) is 5.02 Å². The van der Waals surface area contributed by atoms with E-state index in [-0.39, 0.29) is 16.7 Å². The van der Waals surface area contributed by atoms with Crippen LogP contribution >= 0.6 is 11.6 Å². The summed E-state index contributed by atoms with van der Waals surface area (Å²) in [7, 11) is 0. The molecule has 0 aliphatic carbocycles. The first-order valence-corrected chi connectivity index (χ1v) is 6.54. The van der Waals surface area contributed by atoms with E-state index < -0.39 is 0 Å². The van der Waals surface area contributed by atoms with Crippen molar-refractivity contribution in [3.8, 4) is 5.75 Å². The van der Waals surface area contributed by atoms with Crippen molar-refractivity contribution in [1.82, 2.24) is 10.3 Å². The number of aryl methyl sites for hydroxylation is 2. The number of phenols is 1. The molecule has 1 aromatic heterocycles. The molecule has 0 radical (unpaired) electrons. The maximum absolute atomic E-state index is 12.0. The van der Waals surface area contributed by atoms with E-state index in [1.165, 1.54) is 12.1 Å². The van der Waals surface area contributed by atoms with Gasteiger partial charge in [-0.2, -0.15) is 0 Å². The summed E-state index contributed by atoms with van der Waals surface area (Å²) in [6, 6.07) is 6.37. The molecule has 0 fully saturated rings. The average Bonchev–Trinajstić information content (AvgIpc) is 2.40. The summed E-state index contributed by atoms with van der Waals surface area (Å²) in [6.45, 7) is 4.29. The number of aromatic hydroxyl groups is 1. The molecule has 0 aliphatic heterocycles. The lowest BCUT2D eigenvalue weighted by Gasteiger charge is -2.09. The molecule has 20 heavy (non-hydrogen) atoms. The first-order chi connectivity index (χ1) is 9.47. The number of hydrogen-bond donors (Lipinski definition) is 2. The van der Waals surface area contributed by atoms with Gasteiger partial charge in [-0.1, -0.05) is 11.6 Å². The zero-order chi connectivity index (χ0) is 14.7. The molecule has 0 unspecified atom stereocenters. The monoisotopic (exact) mass is 290 g/mol. The van der Waals surface area contributed by atoms with E-state index in [4.69, 9.17) is 11.6 Å². The summed E-state index contributed by atoms with van der Waals surface area (Å²) in [6.07, 6.45) is 1.75. The second-order valence-electron chi connectivity index (χ2n) is 4.60. The summed E-state index contributed by atoms with van der Waals surface area (Å²) in [5.41, 5.74) is 3.35. The van der Waals surface area contributed by atoms with E-state index in [1.807, 2.05) is 19.9 Å². The van der Waals surface area contributed by atoms with Crippen molar-refractivity contribution in [2.24, 2.45) is 0 Å². The number of rotatable bonds is 3. The first-order valence-electron chi connectivity index (χ1n) is 6.16. The third-order valence-electron chi connectivity index (χ3n) is 3.00. The van der Waals surface area contributed by atoms with Crippen LogP contribution in [0.3, 0.4) is 0 Å². The topological polar surface area (TPSA) is 62.2 Å². The minimum atomic E-state index is -0.267. The number of carbonyl (C=O) groups excluding carboxylic acids is 1. The van der Waals surface area contributed by atoms with Crippen LogP contribution in [0.25, 0.3) is 0 Å². The Hall–Kier alpha value is -2.07. The van der Waals surface area contributed by atoms with E-state index in [2.05, 4.69) is 10.3 Å². The molecular formula is C15H15ClN2O2. The number of amides is 1. The Balaban J connectivity index is 2.06. The van der Waals surface area contributed by atoms with Crippen molar-refractivity contribution in [2.45, 2.75) is 20.4 Å². The van der Waals surface area contributed by atoms with Crippen LogP contribution in [0.4, 0.5) is 0 Å². The Bertz CT molecular complexity index is 656. The second-order valence-corrected chi connectivity index (χ2v) is 5.01. The molecule has 104 valence electrons. The lowest BCUT2D eigenvalue weighted by Crippen LogP contribution is -2.23. The Kier molecular flexibility index (Phi) is 4.25. The number of phenolic OH excluding ortho intramolecular Hbond substituents is 1. The van der Waals surface area contributed by atoms with Crippen LogP contribution in [-0.4, -0.2) is 16.0 Å². The lowest BCUT2D eigenvalue weighted by molar-refractivity contribution is 0.0950. The van der Waals surface area contributed by atoms with Crippen molar-refractivity contribution >= 4 is 17.5 Å². The molecule has 0 atom stereocenters. The maximum Gasteiger partial charge on any atom is 0.251 e. The van der Waals surface area contributed by atoms with Crippen molar-refractivity contribution < 1.29 is 9.90 Å². The number of benzene rings is 1. The lowest BCUT2D eigenvalue weighted by atomic mass is 10.1. The van der Waals surface area contributed by atoms with E-state index in [0.29, 0.717) is 12.1 Å². The number of pyridine rings is 1. The molecule has 1 heterocycles. The van der Waals surface area contributed by atoms with E-state index in [9.17, 15) is 9.90 Å². The van der Waals surface area contributed by atoms with Crippen molar-refractivity contribution in [3.63, 3.8) is 0 Å². The minimum Gasteiger partial charge on any atom is -0.506 e. The van der Waals surface area contributed by atoms with Gasteiger partial charge < -0.3 is 10.4 Å². The van der Waals surface area contributed by atoms with Crippen molar-refractivity contribution in [2.75, 3.05) is 0 Å². The molecule has 4 nitrogen and oxygen atoms in total. The van der Waals surface area contributed by atoms with Gasteiger partial charge in [0.2, 0.25) is 0 Å². The van der Waals surface area contributed by atoms with E-state index in [1.54, 1.807) is 12.3 Å². The fourth-order valence-electron chi connectivity index (χ4n) is 1.84. The van der Waals surface area contributed by atoms with Gasteiger partial charge in [0.25, 0.3) is 5.91 Å². The molecule has 1 amide bonds. The number of nitrogens with zero attached hydrogens (tertiary/aromatic N) is 1. The quantitative estimate of drug-likeness (QED) is 0.913. The number of halogens is 1. The highest BCUT2D eigenvalue weighted by Gasteiger charge is 2.09. The SMILES string of the molecule is Cc1cc(C)c(CNC(=O)c2ccc(Cl)c(O)c2)cn1. The summed E-state index contributed by atoms with van der Waals surface area (Å²) in [5.74, 6) is -0.371. The standard InChI is InChI=1S/C15H15ClN2O2/c1-9-5-10(2)17-7-12(9)8-18-15(20)11-3-4-13(16)14(19)6-11/h3-7,19H,8H2,1-2H3,(H,18,20). The van der Waals surface area contributed by atoms with Crippen molar-refractivity contribution in [3.05, 3.63) is 57.9 Å². The minimum absolute atomic E-state index is 0.104. The third-order valence-corrected chi connectivity index (χ3v) is 3.32. The first kappa shape index (κ1) is 14.3. The number of hydrogen-bond acceptors (Lipinski definition) is 3. The van der Waals surface area contributed by atoms with Gasteiger partial charge in [-0.25, -0.2) is 0 Å². The van der Waals surface area contributed by atoms with Crippen molar-refractivity contribution in [1.29, 1.82) is 0 Å². The zero-order valence-electron chi connectivity index (χ0n) is 11.3. The molecule has 5 heteroatoms. The Morgan fingerprint density at radius 1 is 1.35 bits per heavy atom. The number of nitrogens with one attached hydrogen (secondary N) is 1. The summed E-state index contributed by atoms with van der Waals surface area (Å²) in [5, 5.41) is 12.5. The molecule has 1 aromatic carbocycles. The Labute approximate surface area is 122 Å². The summed E-state index contributed by atoms with van der Waals surface area (Å²) in [4.78, 5) is 16.2. The molecule has 2 N–H and O–H groups in total. The van der Waals surface area contributed by atoms with Gasteiger partial charge in [-0.3, -0.25) is 9.78 Å². The van der Waals surface area contributed by atoms with Crippen LogP contribution in [0.5, 0.6) is 5.75 Å². The molecule has 2 aromatic rings. The Morgan fingerprint density at radius 2 is 2.10 bits per heavy atom. The smallest absolute Gasteiger partial charge is 0.251 e. The molecule has 0 saturated heterocycles. The molecule has 0 saturated carbocycles. The highest BCUT2D eigenvalue weighted by atomic mass is 35.5. The highest BCUT2D eigenvalue weighted by molar-refractivity contribution is 6.32. The van der Waals surface area contributed by atoms with Gasteiger partial charge >= 0.3 is 0 Å². The molecule has 2 rings (SSSR count). The van der Waals surface area contributed by atoms with Crippen LogP contribution < -0.4 is 5.32 Å². The van der Waals surface area contributed by atoms with Gasteiger partial charge in [-0.05, 0) is 49.2 Å². The van der Waals surface area contributed by atoms with Gasteiger partial charge in [-0.15, -0.1) is 0 Å². The predicted octanol–water partition coefficient (Wildman–Crippen LogP) is 2.99. The summed E-state index contributed by atoms with van der Waals surface area (Å²) < 4.78 is 0. The second kappa shape index (κ2) is 5.92. The number of carbonyl (C=O) groups is 1. The summed E-state index contributed by atoms with van der Waals surface area (Å²) >= 11 is 5.70. The van der Waals surface area contributed by atoms with Gasteiger partial charge in [0, 0.05) is 24.0 Å². The fourth-order valence-corrected chi connectivity index (χ4v) is 1.96. The Morgan fingerprint density at radius 3 is 2.75 bits per heavy atom. The van der Waals surface area contributed by atoms with Gasteiger partial charge in [0.1, 0.15) is 5.75 Å². The predicted molar refractivity (Wildman–Crippen MR) is 78.0 cm³/mol. The van der Waals surface area contributed by atoms with Crippen LogP contribution in [0, 0.1) is 13.8 Å². The largest absolute Gasteiger partial charge is 0.506 e. The van der Waals surface area contributed by atoms with E-state index >= 15 is 0 Å². The van der Waals surface area contributed by atoms with Crippen LogP contribution in [0.15, 0.2) is 30.5 Å². The molecule has 0 bridgehead atoms. The maximum atomic E-state index is 12.0. The number of aromatic nitrogens is 1.